The second-order valence-electron chi connectivity index (χ2n) is 4.23. The molecule has 3 N–H and O–H groups in total. The Hall–Kier alpha value is -0.530. The van der Waals surface area contributed by atoms with Crippen molar-refractivity contribution in [3.63, 3.8) is 0 Å². The van der Waals surface area contributed by atoms with Crippen LogP contribution in [-0.4, -0.2) is 38.5 Å². The van der Waals surface area contributed by atoms with E-state index in [1.54, 1.807) is 7.05 Å². The summed E-state index contributed by atoms with van der Waals surface area (Å²) in [6.45, 7) is 6.52. The van der Waals surface area contributed by atoms with Gasteiger partial charge in [0.1, 0.15) is 0 Å². The average molecular weight is 384 g/mol. The summed E-state index contributed by atoms with van der Waals surface area (Å²) in [5.74, 6) is 0.861. The quantitative estimate of drug-likeness (QED) is 0.246. The summed E-state index contributed by atoms with van der Waals surface area (Å²) in [7, 11) is 1.74. The second kappa shape index (κ2) is 15.5. The lowest BCUT2D eigenvalue weighted by atomic mass is 10.2. The van der Waals surface area contributed by atoms with Gasteiger partial charge in [-0.1, -0.05) is 26.7 Å². The van der Waals surface area contributed by atoms with Gasteiger partial charge in [-0.25, -0.2) is 0 Å². The summed E-state index contributed by atoms with van der Waals surface area (Å²) < 4.78 is 0. The highest BCUT2D eigenvalue weighted by Gasteiger charge is 2.01. The van der Waals surface area contributed by atoms with Crippen LogP contribution in [0.1, 0.15) is 46.0 Å². The van der Waals surface area contributed by atoms with Gasteiger partial charge in [-0.3, -0.25) is 9.79 Å². The van der Waals surface area contributed by atoms with Crippen LogP contribution in [0.15, 0.2) is 4.99 Å². The number of nitrogens with one attached hydrogen (secondary N) is 3. The third-order valence-corrected chi connectivity index (χ3v) is 2.51. The molecule has 0 spiro atoms. The third-order valence-electron chi connectivity index (χ3n) is 2.51. The molecule has 5 nitrogen and oxygen atoms in total. The Morgan fingerprint density at radius 3 is 2.21 bits per heavy atom. The van der Waals surface area contributed by atoms with Crippen molar-refractivity contribution < 1.29 is 4.79 Å². The maximum Gasteiger partial charge on any atom is 0.221 e. The topological polar surface area (TPSA) is 65.5 Å². The molecule has 0 aliphatic carbocycles. The summed E-state index contributed by atoms with van der Waals surface area (Å²) in [4.78, 5) is 15.5. The Bertz CT molecular complexity index is 247. The van der Waals surface area contributed by atoms with Crippen LogP contribution in [-0.2, 0) is 4.79 Å². The molecule has 19 heavy (non-hydrogen) atoms. The number of unbranched alkanes of at least 4 members (excludes halogenated alkanes) is 2. The Morgan fingerprint density at radius 1 is 0.947 bits per heavy atom. The summed E-state index contributed by atoms with van der Waals surface area (Å²) >= 11 is 0. The molecule has 0 atom stereocenters. The van der Waals surface area contributed by atoms with Gasteiger partial charge < -0.3 is 16.0 Å². The minimum Gasteiger partial charge on any atom is -0.356 e. The van der Waals surface area contributed by atoms with Gasteiger partial charge in [0.05, 0.1) is 0 Å². The summed E-state index contributed by atoms with van der Waals surface area (Å²) in [5, 5.41) is 9.20. The van der Waals surface area contributed by atoms with Crippen LogP contribution in [0.4, 0.5) is 0 Å². The van der Waals surface area contributed by atoms with Gasteiger partial charge in [-0.05, 0) is 12.8 Å². The highest BCUT2D eigenvalue weighted by Crippen LogP contribution is 1.90. The largest absolute Gasteiger partial charge is 0.356 e. The van der Waals surface area contributed by atoms with Crippen molar-refractivity contribution in [1.82, 2.24) is 16.0 Å². The molecule has 0 aromatic heterocycles. The molecule has 0 rings (SSSR count). The van der Waals surface area contributed by atoms with Gasteiger partial charge in [0.2, 0.25) is 5.91 Å². The predicted octanol–water partition coefficient (Wildman–Crippen LogP) is 1.88. The van der Waals surface area contributed by atoms with Crippen molar-refractivity contribution in [2.24, 2.45) is 4.99 Å². The molecule has 0 bridgehead atoms. The van der Waals surface area contributed by atoms with Crippen molar-refractivity contribution >= 4 is 35.8 Å². The van der Waals surface area contributed by atoms with Crippen LogP contribution >= 0.6 is 24.0 Å². The number of nitrogens with zero attached hydrogens (tertiary/aromatic N) is 1. The fourth-order valence-corrected chi connectivity index (χ4v) is 1.45. The molecule has 0 heterocycles. The van der Waals surface area contributed by atoms with Crippen LogP contribution in [0.3, 0.4) is 0 Å². The molecule has 0 saturated heterocycles. The molecule has 0 saturated carbocycles. The highest BCUT2D eigenvalue weighted by molar-refractivity contribution is 14.0. The van der Waals surface area contributed by atoms with Gasteiger partial charge >= 0.3 is 0 Å². The van der Waals surface area contributed by atoms with E-state index in [1.165, 1.54) is 12.8 Å². The van der Waals surface area contributed by atoms with E-state index in [1.807, 2.05) is 6.92 Å². The first kappa shape index (κ1) is 20.8. The zero-order valence-electron chi connectivity index (χ0n) is 12.4. The number of guanidine groups is 1. The Kier molecular flexibility index (Phi) is 17.0. The molecule has 6 heteroatoms. The van der Waals surface area contributed by atoms with Crippen LogP contribution < -0.4 is 16.0 Å². The molecule has 0 radical (unpaired) electrons. The maximum atomic E-state index is 11.4. The van der Waals surface area contributed by atoms with E-state index in [4.69, 9.17) is 0 Å². The fourth-order valence-electron chi connectivity index (χ4n) is 1.45. The molecule has 0 aromatic rings. The minimum absolute atomic E-state index is 0. The molecule has 0 aliphatic rings. The van der Waals surface area contributed by atoms with Crippen molar-refractivity contribution in [3.8, 4) is 0 Å². The zero-order chi connectivity index (χ0) is 13.6. The second-order valence-corrected chi connectivity index (χ2v) is 4.23. The van der Waals surface area contributed by atoms with Gasteiger partial charge in [-0.15, -0.1) is 24.0 Å². The maximum absolute atomic E-state index is 11.4. The van der Waals surface area contributed by atoms with E-state index < -0.39 is 0 Å². The van der Waals surface area contributed by atoms with Crippen molar-refractivity contribution in [2.45, 2.75) is 46.0 Å². The molecule has 0 unspecified atom stereocenters. The normalized spacial score (nSPS) is 10.6. The van der Waals surface area contributed by atoms with Crippen molar-refractivity contribution in [3.05, 3.63) is 0 Å². The number of rotatable bonds is 9. The van der Waals surface area contributed by atoms with Crippen molar-refractivity contribution in [2.75, 3.05) is 26.7 Å². The molecular weight excluding hydrogens is 355 g/mol. The fraction of sp³-hybridized carbons (Fsp3) is 0.846. The van der Waals surface area contributed by atoms with Gasteiger partial charge in [0.15, 0.2) is 5.96 Å². The summed E-state index contributed by atoms with van der Waals surface area (Å²) in [5.41, 5.74) is 0. The van der Waals surface area contributed by atoms with Gasteiger partial charge in [0, 0.05) is 33.1 Å². The van der Waals surface area contributed by atoms with Crippen molar-refractivity contribution in [1.29, 1.82) is 0 Å². The predicted molar refractivity (Wildman–Crippen MR) is 92.2 cm³/mol. The van der Waals surface area contributed by atoms with Gasteiger partial charge in [0.25, 0.3) is 0 Å². The Balaban J connectivity index is 0. The van der Waals surface area contributed by atoms with Crippen LogP contribution in [0.2, 0.25) is 0 Å². The zero-order valence-corrected chi connectivity index (χ0v) is 14.8. The molecule has 0 fully saturated rings. The van der Waals surface area contributed by atoms with E-state index in [0.717, 1.165) is 31.9 Å². The van der Waals surface area contributed by atoms with E-state index >= 15 is 0 Å². The minimum atomic E-state index is 0. The Morgan fingerprint density at radius 2 is 1.63 bits per heavy atom. The van der Waals surface area contributed by atoms with Crippen LogP contribution in [0.25, 0.3) is 0 Å². The molecular formula is C13H29IN4O. The molecule has 0 aliphatic heterocycles. The number of hydrogen-bond acceptors (Lipinski definition) is 2. The summed E-state index contributed by atoms with van der Waals surface area (Å²) in [6.07, 6.45) is 5.04. The lowest BCUT2D eigenvalue weighted by molar-refractivity contribution is -0.120. The first-order valence-electron chi connectivity index (χ1n) is 6.95. The van der Waals surface area contributed by atoms with Crippen LogP contribution in [0, 0.1) is 0 Å². The third kappa shape index (κ3) is 13.7. The number of amides is 1. The Labute approximate surface area is 134 Å². The van der Waals surface area contributed by atoms with E-state index in [0.29, 0.717) is 13.0 Å². The number of aliphatic imine (C=N–C) groups is 1. The number of carbonyl (C=O) groups excluding carboxylic acids is 1. The van der Waals surface area contributed by atoms with E-state index in [-0.39, 0.29) is 29.9 Å². The highest BCUT2D eigenvalue weighted by atomic mass is 127. The smallest absolute Gasteiger partial charge is 0.221 e. The monoisotopic (exact) mass is 384 g/mol. The van der Waals surface area contributed by atoms with Crippen LogP contribution in [0.5, 0.6) is 0 Å². The lowest BCUT2D eigenvalue weighted by Gasteiger charge is -2.11. The number of hydrogen-bond donors (Lipinski definition) is 3. The number of carbonyl (C=O) groups is 1. The first-order valence-corrected chi connectivity index (χ1v) is 6.95. The van der Waals surface area contributed by atoms with E-state index in [9.17, 15) is 4.79 Å². The van der Waals surface area contributed by atoms with Gasteiger partial charge in [-0.2, -0.15) is 0 Å². The standard InChI is InChI=1S/C13H28N4O.HI/c1-4-6-7-10-16-13(14-3)17-11-8-12(18)15-9-5-2;/h4-11H2,1-3H3,(H,15,18)(H2,14,16,17);1H. The molecule has 114 valence electrons. The van der Waals surface area contributed by atoms with E-state index in [2.05, 4.69) is 27.9 Å². The SMILES string of the molecule is CCCCCNC(=NC)NCCC(=O)NCCC.I. The molecule has 1 amide bonds. The first-order chi connectivity index (χ1) is 8.74. The molecule has 0 aromatic carbocycles. The number of halogens is 1. The lowest BCUT2D eigenvalue weighted by Crippen LogP contribution is -2.39. The average Bonchev–Trinajstić information content (AvgIpc) is 2.39. The summed E-state index contributed by atoms with van der Waals surface area (Å²) in [6, 6.07) is 0.